The second-order valence-corrected chi connectivity index (χ2v) is 8.52. The van der Waals surface area contributed by atoms with Crippen molar-refractivity contribution in [3.05, 3.63) is 77.6 Å². The molecule has 27 heavy (non-hydrogen) atoms. The van der Waals surface area contributed by atoms with Gasteiger partial charge >= 0.3 is 0 Å². The van der Waals surface area contributed by atoms with E-state index in [4.69, 9.17) is 0 Å². The number of sulfonamides is 1. The summed E-state index contributed by atoms with van der Waals surface area (Å²) in [5, 5.41) is 4.27. The normalized spacial score (nSPS) is 12.7. The monoisotopic (exact) mass is 383 g/mol. The third kappa shape index (κ3) is 4.57. The van der Waals surface area contributed by atoms with Gasteiger partial charge in [-0.3, -0.25) is 9.40 Å². The second-order valence-electron chi connectivity index (χ2n) is 6.84. The Hall–Kier alpha value is -2.60. The molecule has 0 saturated carbocycles. The SMILES string of the molecule is CC[C@@H](C)c1ccc(S(=O)(=O)Nc2cnn(Cc3ccccc3C)c2)cc1. The van der Waals surface area contributed by atoms with E-state index >= 15 is 0 Å². The van der Waals surface area contributed by atoms with Gasteiger partial charge in [0.05, 0.1) is 23.3 Å². The van der Waals surface area contributed by atoms with Gasteiger partial charge in [-0.15, -0.1) is 0 Å². The molecule has 0 aliphatic rings. The molecule has 0 aliphatic carbocycles. The van der Waals surface area contributed by atoms with Crippen molar-refractivity contribution >= 4 is 15.7 Å². The molecule has 0 spiro atoms. The van der Waals surface area contributed by atoms with Crippen LogP contribution in [0.5, 0.6) is 0 Å². The van der Waals surface area contributed by atoms with E-state index in [1.807, 2.05) is 43.3 Å². The average Bonchev–Trinajstić information content (AvgIpc) is 3.09. The summed E-state index contributed by atoms with van der Waals surface area (Å²) in [6.07, 6.45) is 4.26. The number of anilines is 1. The van der Waals surface area contributed by atoms with Crippen LogP contribution in [0.3, 0.4) is 0 Å². The molecule has 5 nitrogen and oxygen atoms in total. The maximum Gasteiger partial charge on any atom is 0.261 e. The minimum atomic E-state index is -3.63. The molecule has 0 unspecified atom stereocenters. The van der Waals surface area contributed by atoms with E-state index in [-0.39, 0.29) is 4.90 Å². The molecule has 0 bridgehead atoms. The molecular weight excluding hydrogens is 358 g/mol. The van der Waals surface area contributed by atoms with Gasteiger partial charge in [-0.05, 0) is 48.1 Å². The molecule has 0 radical (unpaired) electrons. The van der Waals surface area contributed by atoms with Gasteiger partial charge in [0, 0.05) is 6.20 Å². The molecule has 0 amide bonds. The first-order valence-electron chi connectivity index (χ1n) is 9.09. The number of hydrogen-bond donors (Lipinski definition) is 1. The lowest BCUT2D eigenvalue weighted by Crippen LogP contribution is -2.12. The highest BCUT2D eigenvalue weighted by Crippen LogP contribution is 2.22. The molecule has 2 aromatic carbocycles. The Morgan fingerprint density at radius 3 is 2.48 bits per heavy atom. The average molecular weight is 384 g/mol. The van der Waals surface area contributed by atoms with Crippen LogP contribution in [0.25, 0.3) is 0 Å². The van der Waals surface area contributed by atoms with Crippen LogP contribution >= 0.6 is 0 Å². The second kappa shape index (κ2) is 7.96. The Bertz CT molecular complexity index is 1010. The zero-order valence-electron chi connectivity index (χ0n) is 15.9. The Balaban J connectivity index is 1.73. The fraction of sp³-hybridized carbons (Fsp3) is 0.286. The molecule has 3 aromatic rings. The number of aryl methyl sites for hydroxylation is 1. The van der Waals surface area contributed by atoms with Crippen molar-refractivity contribution in [1.82, 2.24) is 9.78 Å². The van der Waals surface area contributed by atoms with Gasteiger partial charge in [-0.25, -0.2) is 8.42 Å². The summed E-state index contributed by atoms with van der Waals surface area (Å²) in [5.41, 5.74) is 3.92. The highest BCUT2D eigenvalue weighted by atomic mass is 32.2. The summed E-state index contributed by atoms with van der Waals surface area (Å²) in [6.45, 7) is 6.89. The molecule has 0 saturated heterocycles. The summed E-state index contributed by atoms with van der Waals surface area (Å²) in [7, 11) is -3.63. The van der Waals surface area contributed by atoms with E-state index in [1.54, 1.807) is 23.0 Å². The molecule has 1 N–H and O–H groups in total. The van der Waals surface area contributed by atoms with Crippen LogP contribution in [0, 0.1) is 6.92 Å². The molecule has 1 atom stereocenters. The zero-order chi connectivity index (χ0) is 19.4. The number of nitrogens with one attached hydrogen (secondary N) is 1. The largest absolute Gasteiger partial charge is 0.276 e. The van der Waals surface area contributed by atoms with Crippen molar-refractivity contribution in [1.29, 1.82) is 0 Å². The van der Waals surface area contributed by atoms with Crippen LogP contribution in [-0.2, 0) is 16.6 Å². The fourth-order valence-electron chi connectivity index (χ4n) is 2.89. The maximum atomic E-state index is 12.6. The Morgan fingerprint density at radius 1 is 1.11 bits per heavy atom. The van der Waals surface area contributed by atoms with Crippen molar-refractivity contribution in [2.45, 2.75) is 44.6 Å². The third-order valence-electron chi connectivity index (χ3n) is 4.85. The predicted molar refractivity (Wildman–Crippen MR) is 108 cm³/mol. The van der Waals surface area contributed by atoms with Gasteiger partial charge in [0.2, 0.25) is 0 Å². The molecule has 1 aromatic heterocycles. The lowest BCUT2D eigenvalue weighted by atomic mass is 9.99. The highest BCUT2D eigenvalue weighted by Gasteiger charge is 2.16. The number of benzene rings is 2. The molecule has 0 aliphatic heterocycles. The fourth-order valence-corrected chi connectivity index (χ4v) is 3.92. The van der Waals surface area contributed by atoms with Crippen LogP contribution in [0.15, 0.2) is 65.8 Å². The van der Waals surface area contributed by atoms with E-state index in [1.165, 1.54) is 11.8 Å². The van der Waals surface area contributed by atoms with Crippen molar-refractivity contribution in [3.63, 3.8) is 0 Å². The predicted octanol–water partition coefficient (Wildman–Crippen LogP) is 4.55. The van der Waals surface area contributed by atoms with Gasteiger partial charge in [-0.2, -0.15) is 5.10 Å². The minimum Gasteiger partial charge on any atom is -0.276 e. The summed E-state index contributed by atoms with van der Waals surface area (Å²) < 4.78 is 29.6. The van der Waals surface area contributed by atoms with Crippen molar-refractivity contribution in [2.75, 3.05) is 4.72 Å². The first kappa shape index (κ1) is 19.2. The van der Waals surface area contributed by atoms with E-state index in [0.29, 0.717) is 18.2 Å². The summed E-state index contributed by atoms with van der Waals surface area (Å²) in [5.74, 6) is 0.411. The van der Waals surface area contributed by atoms with Crippen LogP contribution in [0.1, 0.15) is 42.9 Å². The quantitative estimate of drug-likeness (QED) is 0.651. The van der Waals surface area contributed by atoms with Crippen LogP contribution in [0.4, 0.5) is 5.69 Å². The number of nitrogens with zero attached hydrogens (tertiary/aromatic N) is 2. The van der Waals surface area contributed by atoms with Gasteiger partial charge in [0.15, 0.2) is 0 Å². The third-order valence-corrected chi connectivity index (χ3v) is 6.25. The van der Waals surface area contributed by atoms with E-state index in [9.17, 15) is 8.42 Å². The molecule has 142 valence electrons. The standard InChI is InChI=1S/C21H25N3O2S/c1-4-16(2)18-9-11-21(12-10-18)27(25,26)23-20-13-22-24(15-20)14-19-8-6-5-7-17(19)3/h5-13,15-16,23H,4,14H2,1-3H3/t16-/m1/s1. The van der Waals surface area contributed by atoms with E-state index in [0.717, 1.165) is 17.5 Å². The topological polar surface area (TPSA) is 64.0 Å². The number of rotatable bonds is 7. The van der Waals surface area contributed by atoms with Gasteiger partial charge in [0.25, 0.3) is 10.0 Å². The van der Waals surface area contributed by atoms with Gasteiger partial charge in [0.1, 0.15) is 0 Å². The Morgan fingerprint density at radius 2 is 1.81 bits per heavy atom. The maximum absolute atomic E-state index is 12.6. The number of aromatic nitrogens is 2. The van der Waals surface area contributed by atoms with Crippen LogP contribution in [0.2, 0.25) is 0 Å². The first-order chi connectivity index (χ1) is 12.9. The van der Waals surface area contributed by atoms with Gasteiger partial charge in [-0.1, -0.05) is 50.2 Å². The molecule has 1 heterocycles. The first-order valence-corrected chi connectivity index (χ1v) is 10.6. The Kier molecular flexibility index (Phi) is 5.65. The lowest BCUT2D eigenvalue weighted by molar-refractivity contribution is 0.601. The van der Waals surface area contributed by atoms with Crippen LogP contribution in [-0.4, -0.2) is 18.2 Å². The van der Waals surface area contributed by atoms with Crippen molar-refractivity contribution in [3.8, 4) is 0 Å². The summed E-state index contributed by atoms with van der Waals surface area (Å²) in [4.78, 5) is 0.251. The van der Waals surface area contributed by atoms with E-state index in [2.05, 4.69) is 23.7 Å². The molecule has 3 rings (SSSR count). The summed E-state index contributed by atoms with van der Waals surface area (Å²) >= 11 is 0. The van der Waals surface area contributed by atoms with Crippen molar-refractivity contribution in [2.24, 2.45) is 0 Å². The van der Waals surface area contributed by atoms with E-state index < -0.39 is 10.0 Å². The zero-order valence-corrected chi connectivity index (χ0v) is 16.7. The summed E-state index contributed by atoms with van der Waals surface area (Å²) in [6, 6.07) is 15.1. The Labute approximate surface area is 161 Å². The smallest absolute Gasteiger partial charge is 0.261 e. The van der Waals surface area contributed by atoms with Crippen molar-refractivity contribution < 1.29 is 8.42 Å². The lowest BCUT2D eigenvalue weighted by Gasteiger charge is -2.10. The molecular formula is C21H25N3O2S. The highest BCUT2D eigenvalue weighted by molar-refractivity contribution is 7.92. The molecule has 0 fully saturated rings. The minimum absolute atomic E-state index is 0.251. The van der Waals surface area contributed by atoms with Gasteiger partial charge < -0.3 is 0 Å². The molecule has 6 heteroatoms. The number of hydrogen-bond acceptors (Lipinski definition) is 3. The van der Waals surface area contributed by atoms with Crippen LogP contribution < -0.4 is 4.72 Å².